The molecule has 0 unspecified atom stereocenters. The van der Waals surface area contributed by atoms with E-state index in [1.807, 2.05) is 0 Å². The van der Waals surface area contributed by atoms with E-state index in [2.05, 4.69) is 11.8 Å². The van der Waals surface area contributed by atoms with Crippen molar-refractivity contribution in [2.24, 2.45) is 0 Å². The van der Waals surface area contributed by atoms with E-state index >= 15 is 0 Å². The van der Waals surface area contributed by atoms with Gasteiger partial charge < -0.3 is 10.2 Å². The maximum atomic E-state index is 10.5. The van der Waals surface area contributed by atoms with Gasteiger partial charge in [0.1, 0.15) is 5.75 Å². The van der Waals surface area contributed by atoms with Crippen LogP contribution in [0.1, 0.15) is 23.6 Å². The molecule has 0 heterocycles. The van der Waals surface area contributed by atoms with Crippen molar-refractivity contribution in [2.45, 2.75) is 20.3 Å². The van der Waals surface area contributed by atoms with Crippen LogP contribution in [0.15, 0.2) is 12.1 Å². The van der Waals surface area contributed by atoms with E-state index in [1.54, 1.807) is 19.9 Å². The number of phenolic OH excluding ortho intramolecular Hbond substituents is 1. The molecule has 0 bridgehead atoms. The first-order valence-electron chi connectivity index (χ1n) is 4.51. The fourth-order valence-electron chi connectivity index (χ4n) is 1.40. The molecule has 78 valence electrons. The quantitative estimate of drug-likeness (QED) is 0.721. The standard InChI is InChI=1S/C12H12O3/c1-3-4-9-5-8(2)10(7-12(14)15)11(13)6-9/h5-6,13H,7H2,1-2H3,(H,14,15). The Morgan fingerprint density at radius 3 is 2.60 bits per heavy atom. The Morgan fingerprint density at radius 1 is 1.47 bits per heavy atom. The molecule has 15 heavy (non-hydrogen) atoms. The number of carboxylic acids is 1. The molecule has 0 aliphatic heterocycles. The van der Waals surface area contributed by atoms with Crippen LogP contribution in [0.3, 0.4) is 0 Å². The summed E-state index contributed by atoms with van der Waals surface area (Å²) in [5, 5.41) is 18.3. The first-order valence-corrected chi connectivity index (χ1v) is 4.51. The Labute approximate surface area is 88.4 Å². The van der Waals surface area contributed by atoms with Gasteiger partial charge in [-0.05, 0) is 31.5 Å². The third kappa shape index (κ3) is 2.75. The van der Waals surface area contributed by atoms with Gasteiger partial charge >= 0.3 is 5.97 Å². The number of aliphatic carboxylic acids is 1. The van der Waals surface area contributed by atoms with Crippen molar-refractivity contribution in [1.82, 2.24) is 0 Å². The molecule has 0 amide bonds. The van der Waals surface area contributed by atoms with E-state index in [9.17, 15) is 9.90 Å². The Balaban J connectivity index is 3.18. The minimum absolute atomic E-state index is 0.00449. The number of phenols is 1. The summed E-state index contributed by atoms with van der Waals surface area (Å²) in [6, 6.07) is 3.26. The van der Waals surface area contributed by atoms with E-state index < -0.39 is 5.97 Å². The van der Waals surface area contributed by atoms with E-state index in [1.165, 1.54) is 6.07 Å². The Hall–Kier alpha value is -1.95. The third-order valence-corrected chi connectivity index (χ3v) is 2.05. The van der Waals surface area contributed by atoms with Crippen LogP contribution in [-0.4, -0.2) is 16.2 Å². The number of hydrogen-bond acceptors (Lipinski definition) is 2. The molecule has 3 heteroatoms. The average molecular weight is 204 g/mol. The van der Waals surface area contributed by atoms with Gasteiger partial charge in [-0.15, -0.1) is 5.92 Å². The van der Waals surface area contributed by atoms with Crippen molar-refractivity contribution < 1.29 is 15.0 Å². The summed E-state index contributed by atoms with van der Waals surface area (Å²) in [7, 11) is 0. The van der Waals surface area contributed by atoms with Crippen molar-refractivity contribution in [1.29, 1.82) is 0 Å². The van der Waals surface area contributed by atoms with Crippen LogP contribution in [0.2, 0.25) is 0 Å². The lowest BCUT2D eigenvalue weighted by Gasteiger charge is -2.06. The van der Waals surface area contributed by atoms with Crippen LogP contribution in [-0.2, 0) is 11.2 Å². The number of aromatic hydroxyl groups is 1. The van der Waals surface area contributed by atoms with Crippen LogP contribution in [0, 0.1) is 18.8 Å². The van der Waals surface area contributed by atoms with Crippen molar-refractivity contribution >= 4 is 5.97 Å². The number of carbonyl (C=O) groups is 1. The van der Waals surface area contributed by atoms with Crippen LogP contribution >= 0.6 is 0 Å². The van der Waals surface area contributed by atoms with Crippen molar-refractivity contribution in [3.05, 3.63) is 28.8 Å². The lowest BCUT2D eigenvalue weighted by molar-refractivity contribution is -0.136. The summed E-state index contributed by atoms with van der Waals surface area (Å²) in [5.74, 6) is 4.57. The fourth-order valence-corrected chi connectivity index (χ4v) is 1.40. The average Bonchev–Trinajstić information content (AvgIpc) is 2.11. The Morgan fingerprint density at radius 2 is 2.13 bits per heavy atom. The molecule has 0 aliphatic rings. The molecule has 0 aromatic heterocycles. The summed E-state index contributed by atoms with van der Waals surface area (Å²) in [6.45, 7) is 3.47. The van der Waals surface area contributed by atoms with Crippen molar-refractivity contribution in [2.75, 3.05) is 0 Å². The molecule has 0 spiro atoms. The zero-order valence-corrected chi connectivity index (χ0v) is 8.66. The molecule has 1 aromatic carbocycles. The van der Waals surface area contributed by atoms with Gasteiger partial charge in [0.15, 0.2) is 0 Å². The first-order chi connectivity index (χ1) is 7.04. The van der Waals surface area contributed by atoms with Gasteiger partial charge in [0.05, 0.1) is 6.42 Å². The second-order valence-corrected chi connectivity index (χ2v) is 3.24. The molecule has 0 saturated heterocycles. The molecule has 1 rings (SSSR count). The SMILES string of the molecule is CC#Cc1cc(C)c(CC(=O)O)c(O)c1. The summed E-state index contributed by atoms with van der Waals surface area (Å²) in [5.41, 5.74) is 1.89. The van der Waals surface area contributed by atoms with Gasteiger partial charge in [0, 0.05) is 11.1 Å². The van der Waals surface area contributed by atoms with Gasteiger partial charge in [-0.2, -0.15) is 0 Å². The monoisotopic (exact) mass is 204 g/mol. The molecular weight excluding hydrogens is 192 g/mol. The fraction of sp³-hybridized carbons (Fsp3) is 0.250. The van der Waals surface area contributed by atoms with Crippen molar-refractivity contribution in [3.8, 4) is 17.6 Å². The van der Waals surface area contributed by atoms with Gasteiger partial charge in [-0.3, -0.25) is 4.79 Å². The second-order valence-electron chi connectivity index (χ2n) is 3.24. The van der Waals surface area contributed by atoms with Gasteiger partial charge in [0.2, 0.25) is 0 Å². The van der Waals surface area contributed by atoms with E-state index in [0.29, 0.717) is 11.1 Å². The van der Waals surface area contributed by atoms with Crippen LogP contribution in [0.5, 0.6) is 5.75 Å². The molecule has 1 aromatic rings. The van der Waals surface area contributed by atoms with Crippen LogP contribution in [0.4, 0.5) is 0 Å². The minimum atomic E-state index is -0.956. The molecule has 3 nitrogen and oxygen atoms in total. The second kappa shape index (κ2) is 4.52. The highest BCUT2D eigenvalue weighted by Crippen LogP contribution is 2.23. The van der Waals surface area contributed by atoms with Gasteiger partial charge in [-0.1, -0.05) is 5.92 Å². The predicted molar refractivity (Wildman–Crippen MR) is 56.7 cm³/mol. The Kier molecular flexibility index (Phi) is 3.35. The molecular formula is C12H12O3. The molecule has 0 aliphatic carbocycles. The first kappa shape index (κ1) is 11.1. The zero-order chi connectivity index (χ0) is 11.4. The number of rotatable bonds is 2. The lowest BCUT2D eigenvalue weighted by atomic mass is 10.0. The maximum Gasteiger partial charge on any atom is 0.307 e. The summed E-state index contributed by atoms with van der Waals surface area (Å²) in [4.78, 5) is 10.5. The highest BCUT2D eigenvalue weighted by molar-refractivity contribution is 5.72. The number of benzene rings is 1. The third-order valence-electron chi connectivity index (χ3n) is 2.05. The highest BCUT2D eigenvalue weighted by Gasteiger charge is 2.10. The zero-order valence-electron chi connectivity index (χ0n) is 8.66. The normalized spacial score (nSPS) is 9.20. The largest absolute Gasteiger partial charge is 0.508 e. The number of hydrogen-bond donors (Lipinski definition) is 2. The van der Waals surface area contributed by atoms with Crippen molar-refractivity contribution in [3.63, 3.8) is 0 Å². The van der Waals surface area contributed by atoms with Gasteiger partial charge in [0.25, 0.3) is 0 Å². The molecule has 0 radical (unpaired) electrons. The molecule has 0 atom stereocenters. The van der Waals surface area contributed by atoms with E-state index in [4.69, 9.17) is 5.11 Å². The van der Waals surface area contributed by atoms with E-state index in [-0.39, 0.29) is 12.2 Å². The lowest BCUT2D eigenvalue weighted by Crippen LogP contribution is -2.02. The molecule has 0 saturated carbocycles. The molecule has 0 fully saturated rings. The number of aryl methyl sites for hydroxylation is 1. The smallest absolute Gasteiger partial charge is 0.307 e. The highest BCUT2D eigenvalue weighted by atomic mass is 16.4. The Bertz CT molecular complexity index is 427. The summed E-state index contributed by atoms with van der Waals surface area (Å²) in [6.07, 6.45) is -0.169. The summed E-state index contributed by atoms with van der Waals surface area (Å²) < 4.78 is 0. The topological polar surface area (TPSA) is 57.5 Å². The van der Waals surface area contributed by atoms with E-state index in [0.717, 1.165) is 5.56 Å². The van der Waals surface area contributed by atoms with Crippen LogP contribution < -0.4 is 0 Å². The molecule has 2 N–H and O–H groups in total. The van der Waals surface area contributed by atoms with Crippen LogP contribution in [0.25, 0.3) is 0 Å². The number of carboxylic acid groups (broad SMARTS) is 1. The maximum absolute atomic E-state index is 10.5. The van der Waals surface area contributed by atoms with Gasteiger partial charge in [-0.25, -0.2) is 0 Å². The minimum Gasteiger partial charge on any atom is -0.508 e. The summed E-state index contributed by atoms with van der Waals surface area (Å²) >= 11 is 0. The predicted octanol–water partition coefficient (Wildman–Crippen LogP) is 1.70.